The Labute approximate surface area is 172 Å². The quantitative estimate of drug-likeness (QED) is 0.610. The van der Waals surface area contributed by atoms with Gasteiger partial charge in [0.05, 0.1) is 22.7 Å². The van der Waals surface area contributed by atoms with Gasteiger partial charge in [-0.3, -0.25) is 4.98 Å². The number of benzene rings is 2. The monoisotopic (exact) mass is 410 g/mol. The second-order valence-electron chi connectivity index (χ2n) is 7.59. The fraction of sp³-hybridized carbons (Fsp3) is 0.348. The van der Waals surface area contributed by atoms with Gasteiger partial charge < -0.3 is 9.64 Å². The summed E-state index contributed by atoms with van der Waals surface area (Å²) in [6.45, 7) is 6.37. The van der Waals surface area contributed by atoms with E-state index in [9.17, 15) is 8.42 Å². The Hall–Kier alpha value is -2.60. The van der Waals surface area contributed by atoms with Gasteiger partial charge in [-0.25, -0.2) is 8.42 Å². The van der Waals surface area contributed by atoms with Crippen LogP contribution in [0.1, 0.15) is 26.7 Å². The molecule has 2 heterocycles. The van der Waals surface area contributed by atoms with E-state index in [0.29, 0.717) is 12.5 Å². The van der Waals surface area contributed by atoms with Crippen molar-refractivity contribution in [3.8, 4) is 5.75 Å². The highest BCUT2D eigenvalue weighted by Crippen LogP contribution is 2.38. The van der Waals surface area contributed by atoms with Crippen molar-refractivity contribution in [3.63, 3.8) is 0 Å². The Balaban J connectivity index is 1.97. The summed E-state index contributed by atoms with van der Waals surface area (Å²) in [6.07, 6.45) is 3.71. The van der Waals surface area contributed by atoms with Crippen molar-refractivity contribution in [1.82, 2.24) is 4.98 Å². The van der Waals surface area contributed by atoms with Crippen molar-refractivity contribution in [3.05, 3.63) is 54.7 Å². The summed E-state index contributed by atoms with van der Waals surface area (Å²) in [4.78, 5) is 7.25. The molecule has 2 aromatic carbocycles. The maximum absolute atomic E-state index is 13.5. The van der Waals surface area contributed by atoms with Crippen LogP contribution in [0.3, 0.4) is 0 Å². The molecule has 6 heteroatoms. The molecule has 29 heavy (non-hydrogen) atoms. The van der Waals surface area contributed by atoms with Gasteiger partial charge >= 0.3 is 0 Å². The highest BCUT2D eigenvalue weighted by atomic mass is 32.2. The zero-order valence-corrected chi connectivity index (χ0v) is 17.7. The molecule has 3 aromatic rings. The number of sulfone groups is 1. The first-order valence-corrected chi connectivity index (χ1v) is 11.6. The maximum Gasteiger partial charge on any atom is 0.210 e. The third-order valence-corrected chi connectivity index (χ3v) is 7.18. The molecule has 0 amide bonds. The number of rotatable bonds is 5. The summed E-state index contributed by atoms with van der Waals surface area (Å²) in [5.41, 5.74) is 1.51. The molecule has 1 fully saturated rings. The molecule has 152 valence electrons. The molecule has 0 saturated carbocycles. The Morgan fingerprint density at radius 3 is 2.69 bits per heavy atom. The molecule has 0 radical (unpaired) electrons. The summed E-state index contributed by atoms with van der Waals surface area (Å²) < 4.78 is 32.8. The van der Waals surface area contributed by atoms with Crippen LogP contribution in [0.4, 0.5) is 5.69 Å². The van der Waals surface area contributed by atoms with E-state index in [2.05, 4.69) is 16.8 Å². The predicted octanol–water partition coefficient (Wildman–Crippen LogP) is 4.70. The minimum Gasteiger partial charge on any atom is -0.494 e. The molecule has 0 aliphatic carbocycles. The number of pyridine rings is 1. The van der Waals surface area contributed by atoms with E-state index in [0.717, 1.165) is 48.3 Å². The zero-order valence-electron chi connectivity index (χ0n) is 16.8. The molecule has 0 N–H and O–H groups in total. The molecule has 1 saturated heterocycles. The summed E-state index contributed by atoms with van der Waals surface area (Å²) in [5, 5.41) is 0.821. The normalized spacial score (nSPS) is 17.4. The van der Waals surface area contributed by atoms with Gasteiger partial charge in [0.25, 0.3) is 0 Å². The third-order valence-electron chi connectivity index (χ3n) is 5.40. The number of fused-ring (bicyclic) bond motifs is 1. The van der Waals surface area contributed by atoms with Crippen LogP contribution < -0.4 is 9.64 Å². The van der Waals surface area contributed by atoms with Crippen LogP contribution in [0.15, 0.2) is 64.5 Å². The second kappa shape index (κ2) is 8.03. The molecular weight excluding hydrogens is 384 g/mol. The Kier molecular flexibility index (Phi) is 5.46. The van der Waals surface area contributed by atoms with Crippen LogP contribution in [0.25, 0.3) is 10.9 Å². The number of hydrogen-bond acceptors (Lipinski definition) is 5. The van der Waals surface area contributed by atoms with E-state index in [-0.39, 0.29) is 9.79 Å². The summed E-state index contributed by atoms with van der Waals surface area (Å²) in [6, 6.07) is 14.3. The van der Waals surface area contributed by atoms with E-state index in [1.54, 1.807) is 24.3 Å². The van der Waals surface area contributed by atoms with Crippen molar-refractivity contribution < 1.29 is 13.2 Å². The largest absolute Gasteiger partial charge is 0.494 e. The Morgan fingerprint density at radius 1 is 1.17 bits per heavy atom. The first kappa shape index (κ1) is 19.7. The lowest BCUT2D eigenvalue weighted by atomic mass is 9.99. The van der Waals surface area contributed by atoms with Crippen molar-refractivity contribution in [1.29, 1.82) is 0 Å². The maximum atomic E-state index is 13.5. The minimum atomic E-state index is -3.70. The van der Waals surface area contributed by atoms with Crippen molar-refractivity contribution >= 4 is 26.4 Å². The zero-order chi connectivity index (χ0) is 20.4. The Bertz CT molecular complexity index is 1110. The van der Waals surface area contributed by atoms with Gasteiger partial charge in [-0.05, 0) is 56.0 Å². The number of piperidine rings is 1. The van der Waals surface area contributed by atoms with Crippen LogP contribution in [0.2, 0.25) is 0 Å². The average molecular weight is 411 g/mol. The van der Waals surface area contributed by atoms with Crippen LogP contribution in [-0.2, 0) is 9.84 Å². The molecule has 1 aliphatic rings. The van der Waals surface area contributed by atoms with Crippen molar-refractivity contribution in [2.24, 2.45) is 5.92 Å². The van der Waals surface area contributed by atoms with Gasteiger partial charge in [0.15, 0.2) is 0 Å². The van der Waals surface area contributed by atoms with Crippen LogP contribution >= 0.6 is 0 Å². The molecule has 1 unspecified atom stereocenters. The second-order valence-corrected chi connectivity index (χ2v) is 9.51. The lowest BCUT2D eigenvalue weighted by molar-refractivity contribution is 0.340. The highest BCUT2D eigenvalue weighted by Gasteiger charge is 2.29. The lowest BCUT2D eigenvalue weighted by Gasteiger charge is -2.34. The van der Waals surface area contributed by atoms with Gasteiger partial charge in [0, 0.05) is 24.7 Å². The number of hydrogen-bond donors (Lipinski definition) is 0. The minimum absolute atomic E-state index is 0.263. The number of aromatic nitrogens is 1. The van der Waals surface area contributed by atoms with Gasteiger partial charge in [0.2, 0.25) is 9.84 Å². The van der Waals surface area contributed by atoms with Crippen LogP contribution in [-0.4, -0.2) is 33.1 Å². The fourth-order valence-corrected chi connectivity index (χ4v) is 5.49. The average Bonchev–Trinajstić information content (AvgIpc) is 2.73. The summed E-state index contributed by atoms with van der Waals surface area (Å²) in [7, 11) is -3.70. The SMILES string of the molecule is CCOc1ccc2ncc(S(=O)(=O)c3ccccc3)c(N3CCCC(C)C3)c2c1. The summed E-state index contributed by atoms with van der Waals surface area (Å²) in [5.74, 6) is 1.23. The summed E-state index contributed by atoms with van der Waals surface area (Å²) >= 11 is 0. The van der Waals surface area contributed by atoms with Gasteiger partial charge in [-0.1, -0.05) is 25.1 Å². The molecule has 5 nitrogen and oxygen atoms in total. The molecule has 0 spiro atoms. The molecule has 0 bridgehead atoms. The molecule has 1 aliphatic heterocycles. The number of nitrogens with zero attached hydrogens (tertiary/aromatic N) is 2. The predicted molar refractivity (Wildman–Crippen MR) is 115 cm³/mol. The third kappa shape index (κ3) is 3.81. The van der Waals surface area contributed by atoms with E-state index in [1.807, 2.05) is 31.2 Å². The van der Waals surface area contributed by atoms with Crippen LogP contribution in [0.5, 0.6) is 5.75 Å². The molecule has 1 aromatic heterocycles. The molecule has 1 atom stereocenters. The first-order chi connectivity index (χ1) is 14.0. The van der Waals surface area contributed by atoms with E-state index in [4.69, 9.17) is 4.74 Å². The Morgan fingerprint density at radius 2 is 1.97 bits per heavy atom. The van der Waals surface area contributed by atoms with Crippen LogP contribution in [0, 0.1) is 5.92 Å². The van der Waals surface area contributed by atoms with Gasteiger partial charge in [0.1, 0.15) is 10.6 Å². The van der Waals surface area contributed by atoms with Gasteiger partial charge in [-0.15, -0.1) is 0 Å². The topological polar surface area (TPSA) is 59.5 Å². The fourth-order valence-electron chi connectivity index (χ4n) is 4.04. The number of anilines is 1. The molecule has 4 rings (SSSR count). The first-order valence-electron chi connectivity index (χ1n) is 10.1. The smallest absolute Gasteiger partial charge is 0.210 e. The van der Waals surface area contributed by atoms with E-state index < -0.39 is 9.84 Å². The van der Waals surface area contributed by atoms with Gasteiger partial charge in [-0.2, -0.15) is 0 Å². The molecular formula is C23H26N2O3S. The van der Waals surface area contributed by atoms with Crippen molar-refractivity contribution in [2.75, 3.05) is 24.6 Å². The standard InChI is InChI=1S/C23H26N2O3S/c1-3-28-18-11-12-21-20(14-18)23(25-13-7-8-17(2)16-25)22(15-24-21)29(26,27)19-9-5-4-6-10-19/h4-6,9-12,14-15,17H,3,7-8,13,16H2,1-2H3. The van der Waals surface area contributed by atoms with Crippen molar-refractivity contribution in [2.45, 2.75) is 36.5 Å². The highest BCUT2D eigenvalue weighted by molar-refractivity contribution is 7.91. The number of ether oxygens (including phenoxy) is 1. The van der Waals surface area contributed by atoms with E-state index in [1.165, 1.54) is 6.20 Å². The lowest BCUT2D eigenvalue weighted by Crippen LogP contribution is -2.35. The van der Waals surface area contributed by atoms with E-state index >= 15 is 0 Å².